The zero-order chi connectivity index (χ0) is 31.4. The normalized spacial score (nSPS) is 16.1. The number of nitrogens with one attached hydrogen (secondary N) is 3. The summed E-state index contributed by atoms with van der Waals surface area (Å²) in [7, 11) is 0. The molecular weight excluding hydrogens is 589 g/mol. The van der Waals surface area contributed by atoms with E-state index < -0.39 is 17.6 Å². The SMILES string of the molecule is O=C(Nc1cccc(-c2ccc3c(C(=O)NCCN4CCOCC4)n[nH]c3c2)c1)c1cc(N2CCOCC2)cc(C(F)(F)F)c1. The molecule has 3 N–H and O–H groups in total. The molecule has 0 radical (unpaired) electrons. The van der Waals surface area contributed by atoms with Crippen LogP contribution in [-0.4, -0.2) is 92.6 Å². The molecule has 0 saturated carbocycles. The monoisotopic (exact) mass is 622 g/mol. The van der Waals surface area contributed by atoms with E-state index >= 15 is 0 Å². The Balaban J connectivity index is 1.16. The summed E-state index contributed by atoms with van der Waals surface area (Å²) in [6, 6.07) is 15.9. The van der Waals surface area contributed by atoms with Crippen LogP contribution >= 0.6 is 0 Å². The molecule has 2 saturated heterocycles. The summed E-state index contributed by atoms with van der Waals surface area (Å²) in [5.74, 6) is -0.917. The molecule has 1 aromatic heterocycles. The van der Waals surface area contributed by atoms with E-state index in [1.165, 1.54) is 6.07 Å². The van der Waals surface area contributed by atoms with Crippen LogP contribution in [0, 0.1) is 0 Å². The highest BCUT2D eigenvalue weighted by Crippen LogP contribution is 2.34. The van der Waals surface area contributed by atoms with Gasteiger partial charge in [0.1, 0.15) is 0 Å². The van der Waals surface area contributed by atoms with Crippen molar-refractivity contribution in [2.45, 2.75) is 6.18 Å². The molecule has 45 heavy (non-hydrogen) atoms. The number of halogens is 3. The first-order valence-corrected chi connectivity index (χ1v) is 14.8. The molecule has 10 nitrogen and oxygen atoms in total. The molecule has 13 heteroatoms. The first-order valence-electron chi connectivity index (χ1n) is 14.8. The van der Waals surface area contributed by atoms with Gasteiger partial charge in [-0.3, -0.25) is 19.6 Å². The fourth-order valence-corrected chi connectivity index (χ4v) is 5.50. The zero-order valence-electron chi connectivity index (χ0n) is 24.5. The second-order valence-electron chi connectivity index (χ2n) is 10.9. The number of anilines is 2. The lowest BCUT2D eigenvalue weighted by Crippen LogP contribution is -2.41. The van der Waals surface area contributed by atoms with Crippen LogP contribution in [0.4, 0.5) is 24.5 Å². The average molecular weight is 623 g/mol. The molecule has 0 aliphatic carbocycles. The second kappa shape index (κ2) is 13.3. The van der Waals surface area contributed by atoms with Crippen LogP contribution < -0.4 is 15.5 Å². The maximum absolute atomic E-state index is 13.7. The standard InChI is InChI=1S/C32H33F3N6O4/c33-32(34,35)24-16-23(18-26(20-24)41-10-14-45-15-11-41)30(42)37-25-3-1-2-21(17-25)22-4-5-27-28(19-22)38-39-29(27)31(43)36-6-7-40-8-12-44-13-9-40/h1-5,16-20H,6-15H2,(H,36,43)(H,37,42)(H,38,39). The summed E-state index contributed by atoms with van der Waals surface area (Å²) in [4.78, 5) is 30.0. The number of aromatic amines is 1. The number of hydrogen-bond donors (Lipinski definition) is 3. The topological polar surface area (TPSA) is 112 Å². The summed E-state index contributed by atoms with van der Waals surface area (Å²) in [5, 5.41) is 13.5. The van der Waals surface area contributed by atoms with Crippen molar-refractivity contribution in [3.8, 4) is 11.1 Å². The Morgan fingerprint density at radius 2 is 1.60 bits per heavy atom. The third-order valence-electron chi connectivity index (χ3n) is 7.93. The van der Waals surface area contributed by atoms with Gasteiger partial charge in [-0.05, 0) is 53.6 Å². The third-order valence-corrected chi connectivity index (χ3v) is 7.93. The van der Waals surface area contributed by atoms with E-state index in [0.29, 0.717) is 74.0 Å². The largest absolute Gasteiger partial charge is 0.416 e. The lowest BCUT2D eigenvalue weighted by atomic mass is 10.0. The molecule has 236 valence electrons. The highest BCUT2D eigenvalue weighted by molar-refractivity contribution is 6.06. The number of amides is 2. The quantitative estimate of drug-likeness (QED) is 0.267. The van der Waals surface area contributed by atoms with E-state index in [9.17, 15) is 22.8 Å². The maximum atomic E-state index is 13.7. The minimum absolute atomic E-state index is 0.0913. The Kier molecular flexibility index (Phi) is 9.01. The number of alkyl halides is 3. The summed E-state index contributed by atoms with van der Waals surface area (Å²) in [6.45, 7) is 5.99. The number of ether oxygens (including phenoxy) is 2. The van der Waals surface area contributed by atoms with Gasteiger partial charge in [0.15, 0.2) is 5.69 Å². The Morgan fingerprint density at radius 3 is 2.36 bits per heavy atom. The molecule has 0 bridgehead atoms. The van der Waals surface area contributed by atoms with Crippen molar-refractivity contribution in [1.82, 2.24) is 20.4 Å². The third kappa shape index (κ3) is 7.27. The lowest BCUT2D eigenvalue weighted by molar-refractivity contribution is -0.137. The Labute approximate surface area is 257 Å². The lowest BCUT2D eigenvalue weighted by Gasteiger charge is -2.29. The van der Waals surface area contributed by atoms with Crippen LogP contribution in [-0.2, 0) is 15.7 Å². The van der Waals surface area contributed by atoms with Crippen molar-refractivity contribution in [2.24, 2.45) is 0 Å². The van der Waals surface area contributed by atoms with Gasteiger partial charge in [-0.15, -0.1) is 0 Å². The van der Waals surface area contributed by atoms with Crippen LogP contribution in [0.2, 0.25) is 0 Å². The van der Waals surface area contributed by atoms with Gasteiger partial charge in [0.05, 0.1) is 37.5 Å². The van der Waals surface area contributed by atoms with Crippen LogP contribution in [0.5, 0.6) is 0 Å². The Morgan fingerprint density at radius 1 is 0.867 bits per heavy atom. The Bertz CT molecular complexity index is 1680. The van der Waals surface area contributed by atoms with E-state index in [0.717, 1.165) is 42.9 Å². The smallest absolute Gasteiger partial charge is 0.379 e. The van der Waals surface area contributed by atoms with Crippen molar-refractivity contribution in [3.63, 3.8) is 0 Å². The number of nitrogens with zero attached hydrogens (tertiary/aromatic N) is 3. The number of benzene rings is 3. The van der Waals surface area contributed by atoms with E-state index in [4.69, 9.17) is 9.47 Å². The van der Waals surface area contributed by atoms with Gasteiger partial charge < -0.3 is 25.0 Å². The predicted octanol–water partition coefficient (Wildman–Crippen LogP) is 4.40. The molecule has 2 amide bonds. The molecule has 6 rings (SSSR count). The van der Waals surface area contributed by atoms with E-state index in [1.807, 2.05) is 24.3 Å². The first kappa shape index (κ1) is 30.6. The van der Waals surface area contributed by atoms with Crippen LogP contribution in [0.15, 0.2) is 60.7 Å². The van der Waals surface area contributed by atoms with Gasteiger partial charge in [-0.1, -0.05) is 18.2 Å². The minimum atomic E-state index is -4.61. The van der Waals surface area contributed by atoms with Crippen LogP contribution in [0.3, 0.4) is 0 Å². The molecule has 2 fully saturated rings. The number of H-pyrrole nitrogens is 1. The number of fused-ring (bicyclic) bond motifs is 1. The van der Waals surface area contributed by atoms with Gasteiger partial charge in [-0.2, -0.15) is 18.3 Å². The van der Waals surface area contributed by atoms with Gasteiger partial charge in [0.2, 0.25) is 0 Å². The summed E-state index contributed by atoms with van der Waals surface area (Å²) >= 11 is 0. The van der Waals surface area contributed by atoms with Crippen molar-refractivity contribution in [2.75, 3.05) is 75.9 Å². The predicted molar refractivity (Wildman–Crippen MR) is 164 cm³/mol. The zero-order valence-corrected chi connectivity index (χ0v) is 24.5. The van der Waals surface area contributed by atoms with E-state index in [2.05, 4.69) is 25.7 Å². The number of carbonyl (C=O) groups is 2. The fraction of sp³-hybridized carbons (Fsp3) is 0.344. The van der Waals surface area contributed by atoms with Crippen molar-refractivity contribution < 1.29 is 32.2 Å². The van der Waals surface area contributed by atoms with E-state index in [1.54, 1.807) is 23.1 Å². The molecule has 0 spiro atoms. The molecule has 0 unspecified atom stereocenters. The molecule has 4 aromatic rings. The number of carbonyl (C=O) groups excluding carboxylic acids is 2. The molecule has 0 atom stereocenters. The molecule has 3 aromatic carbocycles. The Hall–Kier alpha value is -4.46. The summed E-state index contributed by atoms with van der Waals surface area (Å²) < 4.78 is 51.8. The van der Waals surface area contributed by atoms with Gasteiger partial charge in [0.25, 0.3) is 11.8 Å². The van der Waals surface area contributed by atoms with Gasteiger partial charge in [-0.25, -0.2) is 0 Å². The molecule has 2 aliphatic rings. The average Bonchev–Trinajstić information content (AvgIpc) is 3.49. The van der Waals surface area contributed by atoms with E-state index in [-0.39, 0.29) is 11.5 Å². The maximum Gasteiger partial charge on any atom is 0.416 e. The van der Waals surface area contributed by atoms with Gasteiger partial charge >= 0.3 is 6.18 Å². The summed E-state index contributed by atoms with van der Waals surface area (Å²) in [5.41, 5.74) is 2.30. The number of rotatable bonds is 8. The van der Waals surface area contributed by atoms with Crippen molar-refractivity contribution >= 4 is 34.1 Å². The second-order valence-corrected chi connectivity index (χ2v) is 10.9. The minimum Gasteiger partial charge on any atom is -0.379 e. The summed E-state index contributed by atoms with van der Waals surface area (Å²) in [6.07, 6.45) is -4.61. The number of aromatic nitrogens is 2. The van der Waals surface area contributed by atoms with Crippen LogP contribution in [0.25, 0.3) is 22.0 Å². The fourth-order valence-electron chi connectivity index (χ4n) is 5.50. The van der Waals surface area contributed by atoms with Crippen molar-refractivity contribution in [1.29, 1.82) is 0 Å². The first-order chi connectivity index (χ1) is 21.7. The van der Waals surface area contributed by atoms with Gasteiger partial charge in [0, 0.05) is 61.6 Å². The highest BCUT2D eigenvalue weighted by atomic mass is 19.4. The molecular formula is C32H33F3N6O4. The van der Waals surface area contributed by atoms with Crippen LogP contribution in [0.1, 0.15) is 26.4 Å². The highest BCUT2D eigenvalue weighted by Gasteiger charge is 2.32. The van der Waals surface area contributed by atoms with Crippen molar-refractivity contribution in [3.05, 3.63) is 77.5 Å². The number of hydrogen-bond acceptors (Lipinski definition) is 7. The molecule has 2 aliphatic heterocycles. The molecule has 3 heterocycles. The number of morpholine rings is 2.